The van der Waals surface area contributed by atoms with Crippen molar-refractivity contribution in [1.29, 1.82) is 0 Å². The monoisotopic (exact) mass is 481 g/mol. The number of amides is 1. The van der Waals surface area contributed by atoms with Crippen molar-refractivity contribution in [3.63, 3.8) is 0 Å². The van der Waals surface area contributed by atoms with Crippen molar-refractivity contribution in [3.8, 4) is 5.75 Å². The molecule has 31 heavy (non-hydrogen) atoms. The maximum absolute atomic E-state index is 12.3. The van der Waals surface area contributed by atoms with Gasteiger partial charge in [0.1, 0.15) is 18.1 Å². The van der Waals surface area contributed by atoms with Gasteiger partial charge in [-0.3, -0.25) is 13.8 Å². The average Bonchev–Trinajstić information content (AvgIpc) is 2.75. The van der Waals surface area contributed by atoms with Gasteiger partial charge in [0, 0.05) is 27.4 Å². The van der Waals surface area contributed by atoms with Gasteiger partial charge < -0.3 is 10.1 Å². The minimum absolute atomic E-state index is 0.0504. The number of halogens is 2. The maximum atomic E-state index is 12.3. The molecule has 3 rings (SSSR count). The number of ketones is 1. The highest BCUT2D eigenvalue weighted by Gasteiger charge is 2.24. The van der Waals surface area contributed by atoms with E-state index in [1.54, 1.807) is 48.5 Å². The molecule has 0 aliphatic heterocycles. The highest BCUT2D eigenvalue weighted by Crippen LogP contribution is 2.27. The first-order chi connectivity index (χ1) is 14.9. The molecule has 2 aromatic rings. The molecule has 1 fully saturated rings. The Morgan fingerprint density at radius 3 is 2.13 bits per heavy atom. The molecule has 1 atom stereocenters. The molecule has 0 heterocycles. The zero-order valence-electron chi connectivity index (χ0n) is 17.0. The van der Waals surface area contributed by atoms with E-state index in [-0.39, 0.29) is 30.1 Å². The lowest BCUT2D eigenvalue weighted by atomic mass is 9.83. The van der Waals surface area contributed by atoms with Crippen LogP contribution in [0.5, 0.6) is 5.75 Å². The molecule has 1 unspecified atom stereocenters. The van der Waals surface area contributed by atoms with Crippen LogP contribution in [0.25, 0.3) is 0 Å². The van der Waals surface area contributed by atoms with Crippen molar-refractivity contribution in [2.45, 2.75) is 43.0 Å². The van der Waals surface area contributed by atoms with Crippen molar-refractivity contribution in [1.82, 2.24) is 5.32 Å². The molecule has 166 valence electrons. The van der Waals surface area contributed by atoms with Crippen molar-refractivity contribution in [2.75, 3.05) is 12.4 Å². The lowest BCUT2D eigenvalue weighted by molar-refractivity contribution is -0.123. The molecule has 1 saturated carbocycles. The van der Waals surface area contributed by atoms with E-state index in [0.717, 1.165) is 25.7 Å². The Morgan fingerprint density at radius 2 is 1.52 bits per heavy atom. The molecule has 5 nitrogen and oxygen atoms in total. The van der Waals surface area contributed by atoms with Crippen LogP contribution < -0.4 is 10.1 Å². The Bertz CT molecular complexity index is 910. The summed E-state index contributed by atoms with van der Waals surface area (Å²) in [5, 5.41) is 4.17. The summed E-state index contributed by atoms with van der Waals surface area (Å²) in [4.78, 5) is 25.1. The van der Waals surface area contributed by atoms with Gasteiger partial charge in [-0.05, 0) is 80.1 Å². The smallest absolute Gasteiger partial charge is 0.233 e. The first-order valence-corrected chi connectivity index (χ1v) is 12.3. The first kappa shape index (κ1) is 23.8. The van der Waals surface area contributed by atoms with Crippen molar-refractivity contribution in [2.24, 2.45) is 5.92 Å². The summed E-state index contributed by atoms with van der Waals surface area (Å²) in [6.45, 7) is 0.0504. The summed E-state index contributed by atoms with van der Waals surface area (Å²) in [6, 6.07) is 13.7. The van der Waals surface area contributed by atoms with Gasteiger partial charge in [-0.25, -0.2) is 0 Å². The van der Waals surface area contributed by atoms with Gasteiger partial charge in [0.25, 0.3) is 0 Å². The number of hydrogen-bond acceptors (Lipinski definition) is 4. The van der Waals surface area contributed by atoms with E-state index in [2.05, 4.69) is 5.32 Å². The summed E-state index contributed by atoms with van der Waals surface area (Å²) in [7, 11) is -1.40. The highest BCUT2D eigenvalue weighted by atomic mass is 35.5. The third-order valence-corrected chi connectivity index (χ3v) is 7.11. The number of rotatable bonds is 9. The second-order valence-electron chi connectivity index (χ2n) is 7.71. The Balaban J connectivity index is 1.34. The summed E-state index contributed by atoms with van der Waals surface area (Å²) in [5.41, 5.74) is 0. The van der Waals surface area contributed by atoms with Crippen LogP contribution in [0, 0.1) is 5.92 Å². The normalized spacial score (nSPS) is 19.4. The van der Waals surface area contributed by atoms with Gasteiger partial charge in [0.2, 0.25) is 5.91 Å². The summed E-state index contributed by atoms with van der Waals surface area (Å²) in [5.74, 6) is 0.713. The zero-order chi connectivity index (χ0) is 22.2. The topological polar surface area (TPSA) is 72.5 Å². The maximum Gasteiger partial charge on any atom is 0.233 e. The number of hydrogen-bond donors (Lipinski definition) is 1. The lowest BCUT2D eigenvalue weighted by Crippen LogP contribution is -2.40. The zero-order valence-corrected chi connectivity index (χ0v) is 19.3. The number of Topliss-reactive ketones (excluding diaryl/α,β-unsaturated/α-hetero) is 1. The van der Waals surface area contributed by atoms with Crippen LogP contribution in [0.1, 0.15) is 32.1 Å². The Morgan fingerprint density at radius 1 is 0.935 bits per heavy atom. The predicted octanol–water partition coefficient (Wildman–Crippen LogP) is 4.81. The Hall–Kier alpha value is -1.89. The van der Waals surface area contributed by atoms with E-state index in [9.17, 15) is 13.8 Å². The second kappa shape index (κ2) is 11.7. The van der Waals surface area contributed by atoms with Crippen LogP contribution in [0.2, 0.25) is 10.0 Å². The largest absolute Gasteiger partial charge is 0.486 e. The van der Waals surface area contributed by atoms with Crippen LogP contribution in [0.4, 0.5) is 0 Å². The minimum Gasteiger partial charge on any atom is -0.486 e. The van der Waals surface area contributed by atoms with Crippen LogP contribution in [0.15, 0.2) is 53.4 Å². The number of carbonyl (C=O) groups excluding carboxylic acids is 2. The molecule has 0 spiro atoms. The van der Waals surface area contributed by atoms with Gasteiger partial charge in [0.05, 0.1) is 10.8 Å². The second-order valence-corrected chi connectivity index (χ2v) is 10.0. The third kappa shape index (κ3) is 7.95. The standard InChI is InChI=1S/C23H25Cl2NO4S/c24-17-3-9-21(10-4-17)30-14-20(27)13-16-1-7-19(8-2-16)26-23(28)15-31(29)22-11-5-18(25)6-12-22/h3-6,9-12,16,19H,1-2,7-8,13-15H2,(H,26,28). The molecular weight excluding hydrogens is 457 g/mol. The van der Waals surface area contributed by atoms with E-state index in [4.69, 9.17) is 27.9 Å². The number of benzene rings is 2. The highest BCUT2D eigenvalue weighted by molar-refractivity contribution is 7.85. The SMILES string of the molecule is O=C(COc1ccc(Cl)cc1)CC1CCC(NC(=O)CS(=O)c2ccc(Cl)cc2)CC1. The van der Waals surface area contributed by atoms with Crippen LogP contribution in [-0.4, -0.2) is 34.3 Å². The molecule has 0 bridgehead atoms. The molecule has 1 aliphatic rings. The lowest BCUT2D eigenvalue weighted by Gasteiger charge is -2.28. The van der Waals surface area contributed by atoms with Crippen molar-refractivity contribution < 1.29 is 18.5 Å². The van der Waals surface area contributed by atoms with Gasteiger partial charge >= 0.3 is 0 Å². The fourth-order valence-corrected chi connectivity index (χ4v) is 4.82. The van der Waals surface area contributed by atoms with Crippen LogP contribution in [-0.2, 0) is 20.4 Å². The van der Waals surface area contributed by atoms with E-state index < -0.39 is 10.8 Å². The van der Waals surface area contributed by atoms with E-state index in [0.29, 0.717) is 33.0 Å². The third-order valence-electron chi connectivity index (χ3n) is 5.28. The number of ether oxygens (including phenoxy) is 1. The molecule has 0 radical (unpaired) electrons. The van der Waals surface area contributed by atoms with Crippen LogP contribution >= 0.6 is 23.2 Å². The molecular formula is C23H25Cl2NO4S. The molecule has 2 aromatic carbocycles. The van der Waals surface area contributed by atoms with Crippen molar-refractivity contribution >= 4 is 45.7 Å². The average molecular weight is 482 g/mol. The van der Waals surface area contributed by atoms with Crippen molar-refractivity contribution in [3.05, 3.63) is 58.6 Å². The van der Waals surface area contributed by atoms with E-state index >= 15 is 0 Å². The summed E-state index contributed by atoms with van der Waals surface area (Å²) < 4.78 is 17.8. The number of nitrogens with one attached hydrogen (secondary N) is 1. The van der Waals surface area contributed by atoms with E-state index in [1.165, 1.54) is 0 Å². The summed E-state index contributed by atoms with van der Waals surface area (Å²) in [6.07, 6.45) is 3.86. The minimum atomic E-state index is -1.40. The number of carbonyl (C=O) groups is 2. The van der Waals surface area contributed by atoms with Crippen LogP contribution in [0.3, 0.4) is 0 Å². The Labute approximate surface area is 194 Å². The molecule has 8 heteroatoms. The fourth-order valence-electron chi connectivity index (χ4n) is 3.64. The predicted molar refractivity (Wildman–Crippen MR) is 123 cm³/mol. The Kier molecular flexibility index (Phi) is 8.93. The van der Waals surface area contributed by atoms with Gasteiger partial charge in [-0.1, -0.05) is 23.2 Å². The summed E-state index contributed by atoms with van der Waals surface area (Å²) >= 11 is 11.7. The molecule has 0 saturated heterocycles. The van der Waals surface area contributed by atoms with Gasteiger partial charge in [-0.15, -0.1) is 0 Å². The first-order valence-electron chi connectivity index (χ1n) is 10.2. The molecule has 0 aromatic heterocycles. The molecule has 1 amide bonds. The van der Waals surface area contributed by atoms with E-state index in [1.807, 2.05) is 0 Å². The van der Waals surface area contributed by atoms with Gasteiger partial charge in [-0.2, -0.15) is 0 Å². The molecule has 1 aliphatic carbocycles. The molecule has 1 N–H and O–H groups in total. The quantitative estimate of drug-likeness (QED) is 0.557. The fraction of sp³-hybridized carbons (Fsp3) is 0.391. The van der Waals surface area contributed by atoms with Gasteiger partial charge in [0.15, 0.2) is 5.78 Å².